The van der Waals surface area contributed by atoms with Crippen molar-refractivity contribution in [1.82, 2.24) is 4.98 Å². The average molecular weight is 215 g/mol. The third kappa shape index (κ3) is 2.48. The molecule has 0 fully saturated rings. The molecule has 3 N–H and O–H groups in total. The Balaban J connectivity index is 2.82. The Morgan fingerprint density at radius 3 is 2.60 bits per heavy atom. The lowest BCUT2D eigenvalue weighted by Gasteiger charge is -1.99. The van der Waals surface area contributed by atoms with E-state index in [1.807, 2.05) is 0 Å². The van der Waals surface area contributed by atoms with Gasteiger partial charge in [-0.3, -0.25) is 4.79 Å². The number of carbonyl (C=O) groups excluding carboxylic acids is 1. The van der Waals surface area contributed by atoms with E-state index in [0.29, 0.717) is 12.1 Å². The lowest BCUT2D eigenvalue weighted by molar-refractivity contribution is -0.271. The fourth-order valence-electron chi connectivity index (χ4n) is 1.27. The number of aromatic hydroxyl groups is 2. The van der Waals surface area contributed by atoms with Crippen molar-refractivity contribution in [2.24, 2.45) is 0 Å². The molecule has 0 saturated heterocycles. The molecule has 0 bridgehead atoms. The van der Waals surface area contributed by atoms with Gasteiger partial charge in [0.1, 0.15) is 5.56 Å². The maximum absolute atomic E-state index is 11.0. The van der Waals surface area contributed by atoms with Gasteiger partial charge in [0.2, 0.25) is 5.88 Å². The van der Waals surface area contributed by atoms with Crippen LogP contribution < -0.4 is 0 Å². The van der Waals surface area contributed by atoms with E-state index in [1.54, 1.807) is 0 Å². The van der Waals surface area contributed by atoms with Crippen molar-refractivity contribution >= 4 is 5.78 Å². The molecule has 15 heavy (non-hydrogen) atoms. The molecule has 0 aliphatic rings. The standard InChI is InChI=1S/C9H13NO5/c1-5(11)7-8(12)6(10-9(7)13)3-4-15-14-2/h10,12-13H,3-4H2,1-2H3. The van der Waals surface area contributed by atoms with E-state index >= 15 is 0 Å². The van der Waals surface area contributed by atoms with Crippen molar-refractivity contribution < 1.29 is 24.8 Å². The number of aromatic nitrogens is 1. The predicted molar refractivity (Wildman–Crippen MR) is 50.8 cm³/mol. The number of hydrogen-bond donors (Lipinski definition) is 3. The normalized spacial score (nSPS) is 10.5. The predicted octanol–water partition coefficient (Wildman–Crippen LogP) is 0.749. The molecule has 0 radical (unpaired) electrons. The van der Waals surface area contributed by atoms with E-state index in [1.165, 1.54) is 14.0 Å². The summed E-state index contributed by atoms with van der Waals surface area (Å²) >= 11 is 0. The second kappa shape index (κ2) is 4.81. The Bertz CT molecular complexity index is 358. The van der Waals surface area contributed by atoms with Crippen LogP contribution in [0.1, 0.15) is 23.0 Å². The van der Waals surface area contributed by atoms with Crippen LogP contribution in [0.5, 0.6) is 11.6 Å². The zero-order chi connectivity index (χ0) is 11.4. The Labute approximate surface area is 86.4 Å². The van der Waals surface area contributed by atoms with Crippen LogP contribution >= 0.6 is 0 Å². The summed E-state index contributed by atoms with van der Waals surface area (Å²) in [6, 6.07) is 0. The summed E-state index contributed by atoms with van der Waals surface area (Å²) in [7, 11) is 1.37. The van der Waals surface area contributed by atoms with Crippen molar-refractivity contribution in [3.05, 3.63) is 11.3 Å². The number of ketones is 1. The van der Waals surface area contributed by atoms with Crippen molar-refractivity contribution in [2.75, 3.05) is 13.7 Å². The van der Waals surface area contributed by atoms with Crippen LogP contribution in [0.2, 0.25) is 0 Å². The van der Waals surface area contributed by atoms with Crippen LogP contribution in [0.4, 0.5) is 0 Å². The summed E-state index contributed by atoms with van der Waals surface area (Å²) in [6.45, 7) is 1.47. The van der Waals surface area contributed by atoms with Crippen LogP contribution in [0, 0.1) is 0 Å². The topological polar surface area (TPSA) is 91.8 Å². The highest BCUT2D eigenvalue weighted by atomic mass is 17.2. The fraction of sp³-hybridized carbons (Fsp3) is 0.444. The number of hydrogen-bond acceptors (Lipinski definition) is 5. The first kappa shape index (κ1) is 11.5. The minimum absolute atomic E-state index is 0.0950. The summed E-state index contributed by atoms with van der Waals surface area (Å²) in [6.07, 6.45) is 0.306. The maximum atomic E-state index is 11.0. The second-order valence-electron chi connectivity index (χ2n) is 2.97. The van der Waals surface area contributed by atoms with Gasteiger partial charge in [0, 0.05) is 6.42 Å². The van der Waals surface area contributed by atoms with Crippen molar-refractivity contribution in [3.8, 4) is 11.6 Å². The van der Waals surface area contributed by atoms with E-state index in [0.717, 1.165) is 0 Å². The van der Waals surface area contributed by atoms with Gasteiger partial charge in [0.15, 0.2) is 11.5 Å². The molecule has 0 aliphatic heterocycles. The van der Waals surface area contributed by atoms with Crippen LogP contribution in [-0.4, -0.2) is 34.7 Å². The summed E-state index contributed by atoms with van der Waals surface area (Å²) in [5.74, 6) is -0.965. The number of carbonyl (C=O) groups is 1. The lowest BCUT2D eigenvalue weighted by atomic mass is 10.2. The fourth-order valence-corrected chi connectivity index (χ4v) is 1.27. The molecule has 6 heteroatoms. The third-order valence-corrected chi connectivity index (χ3v) is 1.93. The van der Waals surface area contributed by atoms with Gasteiger partial charge in [-0.25, -0.2) is 9.78 Å². The van der Waals surface area contributed by atoms with E-state index in [2.05, 4.69) is 14.8 Å². The smallest absolute Gasteiger partial charge is 0.203 e. The molecular formula is C9H13NO5. The molecule has 0 amide bonds. The molecule has 1 heterocycles. The quantitative estimate of drug-likeness (QED) is 0.292. The van der Waals surface area contributed by atoms with Crippen LogP contribution in [0.3, 0.4) is 0 Å². The third-order valence-electron chi connectivity index (χ3n) is 1.93. The molecular weight excluding hydrogens is 202 g/mol. The number of H-pyrrole nitrogens is 1. The SMILES string of the molecule is COOCCc1[nH]c(O)c(C(C)=O)c1O. The Morgan fingerprint density at radius 1 is 1.47 bits per heavy atom. The number of nitrogens with one attached hydrogen (secondary N) is 1. The molecule has 0 aromatic carbocycles. The average Bonchev–Trinajstić information content (AvgIpc) is 2.42. The van der Waals surface area contributed by atoms with Gasteiger partial charge in [-0.05, 0) is 6.92 Å². The van der Waals surface area contributed by atoms with Gasteiger partial charge in [0.25, 0.3) is 0 Å². The first-order chi connectivity index (χ1) is 7.07. The van der Waals surface area contributed by atoms with E-state index < -0.39 is 5.78 Å². The zero-order valence-corrected chi connectivity index (χ0v) is 8.53. The molecule has 1 rings (SSSR count). The highest BCUT2D eigenvalue weighted by Crippen LogP contribution is 2.31. The van der Waals surface area contributed by atoms with Gasteiger partial charge in [0.05, 0.1) is 19.4 Å². The molecule has 0 unspecified atom stereocenters. The van der Waals surface area contributed by atoms with Crippen LogP contribution in [0.15, 0.2) is 0 Å². The Kier molecular flexibility index (Phi) is 3.70. The van der Waals surface area contributed by atoms with E-state index in [4.69, 9.17) is 0 Å². The molecule has 0 spiro atoms. The van der Waals surface area contributed by atoms with Crippen LogP contribution in [-0.2, 0) is 16.2 Å². The van der Waals surface area contributed by atoms with E-state index in [-0.39, 0.29) is 23.8 Å². The van der Waals surface area contributed by atoms with Crippen LogP contribution in [0.25, 0.3) is 0 Å². The first-order valence-corrected chi connectivity index (χ1v) is 4.37. The summed E-state index contributed by atoms with van der Waals surface area (Å²) in [5.41, 5.74) is 0.247. The Morgan fingerprint density at radius 2 is 2.13 bits per heavy atom. The highest BCUT2D eigenvalue weighted by Gasteiger charge is 2.19. The maximum Gasteiger partial charge on any atom is 0.203 e. The largest absolute Gasteiger partial charge is 0.505 e. The second-order valence-corrected chi connectivity index (χ2v) is 2.97. The van der Waals surface area contributed by atoms with Gasteiger partial charge in [-0.15, -0.1) is 0 Å². The monoisotopic (exact) mass is 215 g/mol. The van der Waals surface area contributed by atoms with Gasteiger partial charge >= 0.3 is 0 Å². The molecule has 1 aromatic heterocycles. The minimum Gasteiger partial charge on any atom is -0.505 e. The number of rotatable bonds is 5. The number of Topliss-reactive ketones (excluding diaryl/α,β-unsaturated/α-hetero) is 1. The highest BCUT2D eigenvalue weighted by molar-refractivity contribution is 5.99. The number of aromatic amines is 1. The molecule has 1 aromatic rings. The van der Waals surface area contributed by atoms with Crippen molar-refractivity contribution in [3.63, 3.8) is 0 Å². The van der Waals surface area contributed by atoms with Gasteiger partial charge < -0.3 is 15.2 Å². The molecule has 0 atom stereocenters. The van der Waals surface area contributed by atoms with Crippen molar-refractivity contribution in [1.29, 1.82) is 0 Å². The summed E-state index contributed by atoms with van der Waals surface area (Å²) in [5, 5.41) is 18.9. The van der Waals surface area contributed by atoms with Gasteiger partial charge in [-0.2, -0.15) is 0 Å². The molecule has 0 saturated carbocycles. The lowest BCUT2D eigenvalue weighted by Crippen LogP contribution is -1.98. The van der Waals surface area contributed by atoms with Gasteiger partial charge in [-0.1, -0.05) is 0 Å². The summed E-state index contributed by atoms with van der Waals surface area (Å²) < 4.78 is 0. The molecule has 84 valence electrons. The summed E-state index contributed by atoms with van der Waals surface area (Å²) in [4.78, 5) is 22.5. The van der Waals surface area contributed by atoms with E-state index in [9.17, 15) is 15.0 Å². The molecule has 0 aliphatic carbocycles. The first-order valence-electron chi connectivity index (χ1n) is 4.37. The minimum atomic E-state index is -0.403. The molecule has 6 nitrogen and oxygen atoms in total. The zero-order valence-electron chi connectivity index (χ0n) is 8.53. The van der Waals surface area contributed by atoms with Crippen molar-refractivity contribution in [2.45, 2.75) is 13.3 Å². The Hall–Kier alpha value is -1.53.